The zero-order valence-corrected chi connectivity index (χ0v) is 13.4. The van der Waals surface area contributed by atoms with Crippen LogP contribution in [0.25, 0.3) is 26.8 Å². The van der Waals surface area contributed by atoms with Gasteiger partial charge in [0.05, 0.1) is 21.1 Å². The summed E-state index contributed by atoms with van der Waals surface area (Å²) in [5.41, 5.74) is 10.2. The van der Waals surface area contributed by atoms with Gasteiger partial charge in [0, 0.05) is 11.4 Å². The normalized spacial score (nSPS) is 10.9. The minimum absolute atomic E-state index is 0.784. The first-order valence-electron chi connectivity index (χ1n) is 6.98. The van der Waals surface area contributed by atoms with Crippen LogP contribution in [0.2, 0.25) is 0 Å². The van der Waals surface area contributed by atoms with Gasteiger partial charge in [-0.25, -0.2) is 0 Å². The van der Waals surface area contributed by atoms with Crippen molar-refractivity contribution in [1.29, 1.82) is 0 Å². The fourth-order valence-electron chi connectivity index (χ4n) is 2.57. The van der Waals surface area contributed by atoms with E-state index < -0.39 is 0 Å². The number of rotatable bonds is 3. The molecule has 4 rings (SSSR count). The summed E-state index contributed by atoms with van der Waals surface area (Å²) in [6.45, 7) is 0. The van der Waals surface area contributed by atoms with Crippen LogP contribution in [0.3, 0.4) is 0 Å². The second-order valence-electron chi connectivity index (χ2n) is 4.99. The van der Waals surface area contributed by atoms with Gasteiger partial charge >= 0.3 is 0 Å². The zero-order chi connectivity index (χ0) is 14.9. The highest BCUT2D eigenvalue weighted by Crippen LogP contribution is 2.36. The molecule has 0 saturated carbocycles. The number of benzene rings is 1. The number of anilines is 1. The lowest BCUT2D eigenvalue weighted by atomic mass is 10.2. The Hall–Kier alpha value is -2.30. The van der Waals surface area contributed by atoms with Crippen molar-refractivity contribution >= 4 is 28.4 Å². The molecule has 4 aromatic rings. The van der Waals surface area contributed by atoms with E-state index in [1.54, 1.807) is 22.7 Å². The van der Waals surface area contributed by atoms with Crippen LogP contribution in [-0.4, -0.2) is 4.57 Å². The molecule has 3 aromatic heterocycles. The van der Waals surface area contributed by atoms with Crippen molar-refractivity contribution in [1.82, 2.24) is 4.57 Å². The van der Waals surface area contributed by atoms with Crippen LogP contribution in [0.15, 0.2) is 71.4 Å². The zero-order valence-electron chi connectivity index (χ0n) is 11.8. The number of nitrogens with zero attached hydrogens (tertiary/aromatic N) is 1. The average Bonchev–Trinajstić information content (AvgIpc) is 3.27. The lowest BCUT2D eigenvalue weighted by molar-refractivity contribution is 1.10. The number of thiophene rings is 2. The Morgan fingerprint density at radius 1 is 0.682 bits per heavy atom. The molecule has 0 atom stereocenters. The molecule has 0 unspecified atom stereocenters. The fourth-order valence-corrected chi connectivity index (χ4v) is 4.05. The molecule has 4 heteroatoms. The number of nitrogens with two attached hydrogens (primary N) is 1. The van der Waals surface area contributed by atoms with Gasteiger partial charge in [-0.2, -0.15) is 0 Å². The molecule has 0 spiro atoms. The molecule has 0 amide bonds. The predicted molar refractivity (Wildman–Crippen MR) is 96.8 cm³/mol. The molecule has 0 bridgehead atoms. The van der Waals surface area contributed by atoms with Crippen LogP contribution >= 0.6 is 22.7 Å². The molecule has 0 aliphatic rings. The Bertz CT molecular complexity index is 818. The fraction of sp³-hybridized carbons (Fsp3) is 0. The highest BCUT2D eigenvalue weighted by molar-refractivity contribution is 7.14. The van der Waals surface area contributed by atoms with Gasteiger partial charge in [0.1, 0.15) is 0 Å². The Morgan fingerprint density at radius 2 is 1.23 bits per heavy atom. The van der Waals surface area contributed by atoms with E-state index in [0.29, 0.717) is 0 Å². The predicted octanol–water partition coefficient (Wildman–Crippen LogP) is 5.52. The monoisotopic (exact) mass is 322 g/mol. The lowest BCUT2D eigenvalue weighted by Crippen LogP contribution is -1.98. The summed E-state index contributed by atoms with van der Waals surface area (Å²) in [6.07, 6.45) is 0. The molecule has 1 aromatic carbocycles. The number of aromatic nitrogens is 1. The van der Waals surface area contributed by atoms with E-state index in [1.165, 1.54) is 21.1 Å². The van der Waals surface area contributed by atoms with Crippen LogP contribution < -0.4 is 5.73 Å². The highest BCUT2D eigenvalue weighted by Gasteiger charge is 2.14. The van der Waals surface area contributed by atoms with E-state index in [1.807, 2.05) is 12.1 Å². The van der Waals surface area contributed by atoms with Crippen LogP contribution in [-0.2, 0) is 0 Å². The molecule has 0 saturated heterocycles. The topological polar surface area (TPSA) is 30.9 Å². The van der Waals surface area contributed by atoms with Crippen LogP contribution in [0.5, 0.6) is 0 Å². The second-order valence-corrected chi connectivity index (χ2v) is 6.88. The van der Waals surface area contributed by atoms with Crippen molar-refractivity contribution in [2.75, 3.05) is 5.73 Å². The quantitative estimate of drug-likeness (QED) is 0.495. The molecule has 2 nitrogen and oxygen atoms in total. The van der Waals surface area contributed by atoms with E-state index in [-0.39, 0.29) is 0 Å². The van der Waals surface area contributed by atoms with E-state index >= 15 is 0 Å². The Morgan fingerprint density at radius 3 is 1.68 bits per heavy atom. The van der Waals surface area contributed by atoms with Gasteiger partial charge in [0.2, 0.25) is 0 Å². The summed E-state index contributed by atoms with van der Waals surface area (Å²) >= 11 is 3.51. The Labute approximate surface area is 137 Å². The standard InChI is InChI=1S/C18H14N2S2/c19-13-5-7-14(8-6-13)20-15(17-3-1-11-21-17)9-10-16(20)18-4-2-12-22-18/h1-12H,19H2. The number of hydrogen-bond acceptors (Lipinski definition) is 3. The summed E-state index contributed by atoms with van der Waals surface area (Å²) in [7, 11) is 0. The van der Waals surface area contributed by atoms with Crippen LogP contribution in [0, 0.1) is 0 Å². The van der Waals surface area contributed by atoms with Crippen molar-refractivity contribution in [2.24, 2.45) is 0 Å². The summed E-state index contributed by atoms with van der Waals surface area (Å²) in [4.78, 5) is 2.53. The Kier molecular flexibility index (Phi) is 3.33. The number of nitrogen functional groups attached to an aromatic ring is 1. The average molecular weight is 322 g/mol. The molecule has 3 heterocycles. The summed E-state index contributed by atoms with van der Waals surface area (Å²) in [6, 6.07) is 20.9. The van der Waals surface area contributed by atoms with Crippen molar-refractivity contribution in [3.63, 3.8) is 0 Å². The molecule has 22 heavy (non-hydrogen) atoms. The summed E-state index contributed by atoms with van der Waals surface area (Å²) in [5.74, 6) is 0. The summed E-state index contributed by atoms with van der Waals surface area (Å²) < 4.78 is 2.30. The van der Waals surface area contributed by atoms with Crippen LogP contribution in [0.1, 0.15) is 0 Å². The van der Waals surface area contributed by atoms with E-state index in [2.05, 4.69) is 63.9 Å². The first-order chi connectivity index (χ1) is 10.8. The lowest BCUT2D eigenvalue weighted by Gasteiger charge is -2.12. The van der Waals surface area contributed by atoms with Gasteiger partial charge in [-0.1, -0.05) is 12.1 Å². The Balaban J connectivity index is 1.96. The highest BCUT2D eigenvalue weighted by atomic mass is 32.1. The van der Waals surface area contributed by atoms with Crippen LogP contribution in [0.4, 0.5) is 5.69 Å². The van der Waals surface area contributed by atoms with Crippen molar-refractivity contribution < 1.29 is 0 Å². The maximum Gasteiger partial charge on any atom is 0.0635 e. The van der Waals surface area contributed by atoms with Gasteiger partial charge < -0.3 is 10.3 Å². The smallest absolute Gasteiger partial charge is 0.0635 e. The van der Waals surface area contributed by atoms with Gasteiger partial charge in [-0.05, 0) is 59.3 Å². The van der Waals surface area contributed by atoms with E-state index in [9.17, 15) is 0 Å². The minimum atomic E-state index is 0.784. The molecule has 0 aliphatic carbocycles. The molecule has 108 valence electrons. The first kappa shape index (κ1) is 13.4. The molecular formula is C18H14N2S2. The maximum atomic E-state index is 5.84. The SMILES string of the molecule is Nc1ccc(-n2c(-c3cccs3)ccc2-c2cccs2)cc1. The van der Waals surface area contributed by atoms with Crippen molar-refractivity contribution in [3.8, 4) is 26.8 Å². The van der Waals surface area contributed by atoms with Crippen molar-refractivity contribution in [3.05, 3.63) is 71.4 Å². The maximum absolute atomic E-state index is 5.84. The molecule has 0 fully saturated rings. The molecule has 0 radical (unpaired) electrons. The van der Waals surface area contributed by atoms with Gasteiger partial charge in [0.25, 0.3) is 0 Å². The molecular weight excluding hydrogens is 308 g/mol. The third kappa shape index (κ3) is 2.26. The van der Waals surface area contributed by atoms with E-state index in [0.717, 1.165) is 11.4 Å². The minimum Gasteiger partial charge on any atom is -0.399 e. The number of hydrogen-bond donors (Lipinski definition) is 1. The van der Waals surface area contributed by atoms with Gasteiger partial charge in [-0.3, -0.25) is 0 Å². The van der Waals surface area contributed by atoms with Crippen molar-refractivity contribution in [2.45, 2.75) is 0 Å². The van der Waals surface area contributed by atoms with E-state index in [4.69, 9.17) is 5.73 Å². The van der Waals surface area contributed by atoms with Gasteiger partial charge in [-0.15, -0.1) is 22.7 Å². The third-order valence-corrected chi connectivity index (χ3v) is 5.36. The largest absolute Gasteiger partial charge is 0.399 e. The molecule has 0 aliphatic heterocycles. The van der Waals surface area contributed by atoms with Gasteiger partial charge in [0.15, 0.2) is 0 Å². The first-order valence-corrected chi connectivity index (χ1v) is 8.74. The third-order valence-electron chi connectivity index (χ3n) is 3.58. The summed E-state index contributed by atoms with van der Waals surface area (Å²) in [5, 5.41) is 4.22. The second kappa shape index (κ2) is 5.48. The molecule has 2 N–H and O–H groups in total.